The third kappa shape index (κ3) is 3.99. The normalized spacial score (nSPS) is 16.5. The van der Waals surface area contributed by atoms with Gasteiger partial charge in [-0.3, -0.25) is 4.79 Å². The largest absolute Gasteiger partial charge is 0.493 e. The van der Waals surface area contributed by atoms with Crippen LogP contribution < -0.4 is 4.74 Å². The van der Waals surface area contributed by atoms with Crippen molar-refractivity contribution in [1.82, 2.24) is 9.21 Å². The Morgan fingerprint density at radius 1 is 1.08 bits per heavy atom. The van der Waals surface area contributed by atoms with Crippen LogP contribution in [0.15, 0.2) is 36.4 Å². The number of sulfonamides is 1. The Hall–Kier alpha value is -2.12. The first-order chi connectivity index (χ1) is 12.4. The maximum atomic E-state index is 13.1. The van der Waals surface area contributed by atoms with Crippen LogP contribution in [0.25, 0.3) is 10.8 Å². The zero-order valence-electron chi connectivity index (χ0n) is 15.1. The highest BCUT2D eigenvalue weighted by Gasteiger charge is 2.26. The van der Waals surface area contributed by atoms with E-state index in [2.05, 4.69) is 0 Å². The Morgan fingerprint density at radius 3 is 2.42 bits per heavy atom. The molecule has 1 aliphatic rings. The average Bonchev–Trinajstić information content (AvgIpc) is 2.87. The van der Waals surface area contributed by atoms with Crippen molar-refractivity contribution < 1.29 is 17.9 Å². The zero-order chi connectivity index (χ0) is 18.7. The summed E-state index contributed by atoms with van der Waals surface area (Å²) in [5, 5.41) is 2.00. The number of fused-ring (bicyclic) bond motifs is 1. The summed E-state index contributed by atoms with van der Waals surface area (Å²) < 4.78 is 30.7. The van der Waals surface area contributed by atoms with Crippen LogP contribution in [0.4, 0.5) is 0 Å². The first-order valence-electron chi connectivity index (χ1n) is 8.80. The molecule has 0 bridgehead atoms. The molecule has 26 heavy (non-hydrogen) atoms. The van der Waals surface area contributed by atoms with E-state index in [1.54, 1.807) is 4.90 Å². The molecular formula is C19H24N2O4S. The van der Waals surface area contributed by atoms with Crippen LogP contribution >= 0.6 is 0 Å². The van der Waals surface area contributed by atoms with Gasteiger partial charge in [0.15, 0.2) is 0 Å². The van der Waals surface area contributed by atoms with Gasteiger partial charge < -0.3 is 9.64 Å². The number of benzene rings is 2. The Morgan fingerprint density at radius 2 is 1.77 bits per heavy atom. The summed E-state index contributed by atoms with van der Waals surface area (Å²) >= 11 is 0. The van der Waals surface area contributed by atoms with E-state index in [-0.39, 0.29) is 5.91 Å². The van der Waals surface area contributed by atoms with Crippen molar-refractivity contribution in [3.63, 3.8) is 0 Å². The molecule has 1 aliphatic heterocycles. The van der Waals surface area contributed by atoms with Gasteiger partial charge in [-0.1, -0.05) is 24.3 Å². The molecule has 0 radical (unpaired) electrons. The number of hydrogen-bond donors (Lipinski definition) is 0. The number of rotatable bonds is 4. The molecule has 0 atom stereocenters. The molecule has 2 aromatic rings. The smallest absolute Gasteiger partial charge is 0.257 e. The minimum absolute atomic E-state index is 0.116. The van der Waals surface area contributed by atoms with Crippen molar-refractivity contribution in [3.05, 3.63) is 42.0 Å². The van der Waals surface area contributed by atoms with E-state index in [1.807, 2.05) is 43.3 Å². The molecule has 0 aliphatic carbocycles. The molecule has 3 rings (SSSR count). The Bertz CT molecular complexity index is 911. The van der Waals surface area contributed by atoms with Crippen molar-refractivity contribution >= 4 is 26.7 Å². The molecule has 0 unspecified atom stereocenters. The lowest BCUT2D eigenvalue weighted by Crippen LogP contribution is -2.37. The molecule has 1 saturated heterocycles. The molecule has 1 fully saturated rings. The second-order valence-electron chi connectivity index (χ2n) is 6.44. The minimum atomic E-state index is -3.24. The van der Waals surface area contributed by atoms with Gasteiger partial charge in [-0.05, 0) is 36.2 Å². The number of carbonyl (C=O) groups excluding carboxylic acids is 1. The molecule has 1 heterocycles. The fourth-order valence-corrected chi connectivity index (χ4v) is 4.13. The summed E-state index contributed by atoms with van der Waals surface area (Å²) in [6.07, 6.45) is 1.83. The van der Waals surface area contributed by atoms with E-state index in [9.17, 15) is 13.2 Å². The van der Waals surface area contributed by atoms with Gasteiger partial charge in [-0.2, -0.15) is 0 Å². The number of nitrogens with zero attached hydrogens (tertiary/aromatic N) is 2. The molecule has 0 spiro atoms. The summed E-state index contributed by atoms with van der Waals surface area (Å²) in [6, 6.07) is 11.6. The van der Waals surface area contributed by atoms with Crippen molar-refractivity contribution in [2.24, 2.45) is 0 Å². The summed E-state index contributed by atoms with van der Waals surface area (Å²) in [6.45, 7) is 4.04. The van der Waals surface area contributed by atoms with Gasteiger partial charge in [0.25, 0.3) is 5.91 Å². The maximum Gasteiger partial charge on any atom is 0.257 e. The number of carbonyl (C=O) groups is 1. The van der Waals surface area contributed by atoms with E-state index < -0.39 is 10.0 Å². The molecule has 7 heteroatoms. The number of ether oxygens (including phenoxy) is 1. The van der Waals surface area contributed by atoms with Gasteiger partial charge in [0.05, 0.1) is 18.4 Å². The van der Waals surface area contributed by atoms with Crippen LogP contribution in [0.2, 0.25) is 0 Å². The van der Waals surface area contributed by atoms with Crippen LogP contribution in [0, 0.1) is 0 Å². The van der Waals surface area contributed by atoms with Gasteiger partial charge in [0.1, 0.15) is 5.75 Å². The monoisotopic (exact) mass is 376 g/mol. The van der Waals surface area contributed by atoms with Crippen LogP contribution in [-0.4, -0.2) is 62.6 Å². The van der Waals surface area contributed by atoms with Crippen LogP contribution in [-0.2, 0) is 10.0 Å². The lowest BCUT2D eigenvalue weighted by Gasteiger charge is -2.22. The van der Waals surface area contributed by atoms with E-state index in [0.717, 1.165) is 10.8 Å². The van der Waals surface area contributed by atoms with Gasteiger partial charge in [-0.25, -0.2) is 12.7 Å². The fourth-order valence-electron chi connectivity index (χ4n) is 3.26. The van der Waals surface area contributed by atoms with Crippen LogP contribution in [0.5, 0.6) is 5.75 Å². The molecule has 2 aromatic carbocycles. The summed E-state index contributed by atoms with van der Waals surface area (Å²) in [5.41, 5.74) is 0.526. The highest BCUT2D eigenvalue weighted by Crippen LogP contribution is 2.28. The molecular weight excluding hydrogens is 352 g/mol. The minimum Gasteiger partial charge on any atom is -0.493 e. The second kappa shape index (κ2) is 7.63. The van der Waals surface area contributed by atoms with Crippen LogP contribution in [0.1, 0.15) is 23.7 Å². The van der Waals surface area contributed by atoms with Crippen molar-refractivity contribution in [3.8, 4) is 5.75 Å². The predicted octanol–water partition coefficient (Wildman–Crippen LogP) is 2.35. The molecule has 6 nitrogen and oxygen atoms in total. The van der Waals surface area contributed by atoms with Gasteiger partial charge in [0.2, 0.25) is 10.0 Å². The molecule has 140 valence electrons. The molecule has 0 saturated carbocycles. The first-order valence-corrected chi connectivity index (χ1v) is 10.6. The lowest BCUT2D eigenvalue weighted by atomic mass is 10.0. The molecule has 1 amide bonds. The van der Waals surface area contributed by atoms with E-state index in [0.29, 0.717) is 50.5 Å². The Balaban J connectivity index is 1.90. The topological polar surface area (TPSA) is 66.9 Å². The highest BCUT2D eigenvalue weighted by molar-refractivity contribution is 7.88. The maximum absolute atomic E-state index is 13.1. The number of hydrogen-bond acceptors (Lipinski definition) is 4. The average molecular weight is 376 g/mol. The third-order valence-corrected chi connectivity index (χ3v) is 5.89. The van der Waals surface area contributed by atoms with Gasteiger partial charge in [0, 0.05) is 26.2 Å². The van der Waals surface area contributed by atoms with E-state index in [1.165, 1.54) is 10.6 Å². The van der Waals surface area contributed by atoms with Crippen LogP contribution in [0.3, 0.4) is 0 Å². The Kier molecular flexibility index (Phi) is 5.48. The molecule has 0 aromatic heterocycles. The summed E-state index contributed by atoms with van der Waals surface area (Å²) in [7, 11) is -3.24. The highest BCUT2D eigenvalue weighted by atomic mass is 32.2. The zero-order valence-corrected chi connectivity index (χ0v) is 16.0. The summed E-state index contributed by atoms with van der Waals surface area (Å²) in [4.78, 5) is 14.8. The second-order valence-corrected chi connectivity index (χ2v) is 8.42. The number of amides is 1. The van der Waals surface area contributed by atoms with Crippen molar-refractivity contribution in [1.29, 1.82) is 0 Å². The van der Waals surface area contributed by atoms with Crippen molar-refractivity contribution in [2.75, 3.05) is 39.0 Å². The third-order valence-electron chi connectivity index (χ3n) is 4.59. The molecule has 0 N–H and O–H groups in total. The van der Waals surface area contributed by atoms with E-state index >= 15 is 0 Å². The lowest BCUT2D eigenvalue weighted by molar-refractivity contribution is 0.0760. The van der Waals surface area contributed by atoms with Crippen molar-refractivity contribution in [2.45, 2.75) is 13.3 Å². The standard InChI is InChI=1S/C19H24N2O4S/c1-3-25-18-14-16-8-5-4-7-15(16)13-17(18)19(22)20-9-6-10-21(12-11-20)26(2,23)24/h4-5,7-8,13-14H,3,6,9-12H2,1-2H3. The summed E-state index contributed by atoms with van der Waals surface area (Å²) in [5.74, 6) is 0.454. The fraction of sp³-hybridized carbons (Fsp3) is 0.421. The quantitative estimate of drug-likeness (QED) is 0.822. The predicted molar refractivity (Wildman–Crippen MR) is 102 cm³/mol. The Labute approximate surface area is 154 Å². The van der Waals surface area contributed by atoms with Gasteiger partial charge >= 0.3 is 0 Å². The SMILES string of the molecule is CCOc1cc2ccccc2cc1C(=O)N1CCCN(S(C)(=O)=O)CC1. The van der Waals surface area contributed by atoms with E-state index in [4.69, 9.17) is 4.74 Å². The first kappa shape index (κ1) is 18.7. The van der Waals surface area contributed by atoms with Gasteiger partial charge in [-0.15, -0.1) is 0 Å².